The average Bonchev–Trinajstić information content (AvgIpc) is 3.17. The van der Waals surface area contributed by atoms with Crippen LogP contribution in [0, 0.1) is 10.1 Å². The highest BCUT2D eigenvalue weighted by Crippen LogP contribution is 2.32. The number of rotatable bonds is 6. The Morgan fingerprint density at radius 1 is 1.00 bits per heavy atom. The van der Waals surface area contributed by atoms with E-state index in [0.29, 0.717) is 10.2 Å². The number of aromatic nitrogens is 1. The highest BCUT2D eigenvalue weighted by atomic mass is 35.5. The molecule has 14 heteroatoms. The average molecular weight is 558 g/mol. The minimum absolute atomic E-state index is 0.00722. The molecule has 0 atom stereocenters. The van der Waals surface area contributed by atoms with Gasteiger partial charge in [0.2, 0.25) is 0 Å². The van der Waals surface area contributed by atoms with Crippen LogP contribution in [-0.2, 0) is 10.0 Å². The van der Waals surface area contributed by atoms with E-state index in [2.05, 4.69) is 15.0 Å². The van der Waals surface area contributed by atoms with Gasteiger partial charge in [0.1, 0.15) is 4.90 Å². The first kappa shape index (κ1) is 24.2. The number of halogens is 3. The second-order valence-corrected chi connectivity index (χ2v) is 10.7. The molecule has 1 amide bonds. The Morgan fingerprint density at radius 2 is 1.74 bits per heavy atom. The van der Waals surface area contributed by atoms with E-state index >= 15 is 0 Å². The predicted octanol–water partition coefficient (Wildman–Crippen LogP) is 6.22. The van der Waals surface area contributed by atoms with Crippen molar-refractivity contribution in [1.82, 2.24) is 4.98 Å². The van der Waals surface area contributed by atoms with Crippen LogP contribution in [0.3, 0.4) is 0 Å². The van der Waals surface area contributed by atoms with Gasteiger partial charge in [0.25, 0.3) is 21.6 Å². The summed E-state index contributed by atoms with van der Waals surface area (Å²) in [4.78, 5) is 27.1. The van der Waals surface area contributed by atoms with Gasteiger partial charge in [-0.05, 0) is 42.5 Å². The highest BCUT2D eigenvalue weighted by Gasteiger charge is 2.22. The molecule has 9 nitrogen and oxygen atoms in total. The smallest absolute Gasteiger partial charge is 0.270 e. The summed E-state index contributed by atoms with van der Waals surface area (Å²) in [6.07, 6.45) is 0. The number of non-ortho nitro benzene ring substituents is 1. The normalized spacial score (nSPS) is 11.4. The van der Waals surface area contributed by atoms with Crippen molar-refractivity contribution < 1.29 is 18.1 Å². The Morgan fingerprint density at radius 3 is 2.47 bits per heavy atom. The second kappa shape index (κ2) is 9.35. The molecule has 3 aromatic carbocycles. The van der Waals surface area contributed by atoms with Crippen molar-refractivity contribution >= 4 is 88.8 Å². The molecule has 0 aliphatic heterocycles. The lowest BCUT2D eigenvalue weighted by Crippen LogP contribution is -2.16. The van der Waals surface area contributed by atoms with Crippen molar-refractivity contribution in [3.05, 3.63) is 85.3 Å². The van der Waals surface area contributed by atoms with Gasteiger partial charge in [0.15, 0.2) is 5.13 Å². The van der Waals surface area contributed by atoms with E-state index in [1.807, 2.05) is 0 Å². The van der Waals surface area contributed by atoms with Crippen LogP contribution in [-0.4, -0.2) is 24.2 Å². The molecule has 0 radical (unpaired) electrons. The summed E-state index contributed by atoms with van der Waals surface area (Å²) in [5, 5.41) is 14.0. The molecule has 0 saturated carbocycles. The number of nitrogens with one attached hydrogen (secondary N) is 2. The fourth-order valence-corrected chi connectivity index (χ4v) is 5.76. The number of fused-ring (bicyclic) bond motifs is 1. The van der Waals surface area contributed by atoms with E-state index in [4.69, 9.17) is 34.8 Å². The first-order valence-corrected chi connectivity index (χ1v) is 12.6. The lowest BCUT2D eigenvalue weighted by atomic mass is 10.2. The maximum absolute atomic E-state index is 12.9. The third-order valence-electron chi connectivity index (χ3n) is 4.46. The molecule has 0 fully saturated rings. The summed E-state index contributed by atoms with van der Waals surface area (Å²) < 4.78 is 28.7. The highest BCUT2D eigenvalue weighted by molar-refractivity contribution is 7.92. The molecule has 174 valence electrons. The summed E-state index contributed by atoms with van der Waals surface area (Å²) in [6.45, 7) is 0. The van der Waals surface area contributed by atoms with Gasteiger partial charge >= 0.3 is 0 Å². The van der Waals surface area contributed by atoms with Gasteiger partial charge in [-0.15, -0.1) is 0 Å². The molecular weight excluding hydrogens is 547 g/mol. The molecule has 1 heterocycles. The predicted molar refractivity (Wildman–Crippen MR) is 133 cm³/mol. The Labute approximate surface area is 211 Å². The van der Waals surface area contributed by atoms with E-state index in [1.165, 1.54) is 48.5 Å². The van der Waals surface area contributed by atoms with Crippen LogP contribution in [0.5, 0.6) is 0 Å². The quantitative estimate of drug-likeness (QED) is 0.214. The number of thiazole rings is 1. The van der Waals surface area contributed by atoms with Crippen molar-refractivity contribution in [1.29, 1.82) is 0 Å². The molecule has 0 aliphatic rings. The number of carbonyl (C=O) groups is 1. The molecule has 0 saturated heterocycles. The topological polar surface area (TPSA) is 131 Å². The zero-order chi connectivity index (χ0) is 24.6. The molecule has 4 aromatic rings. The standard InChI is InChI=1S/C20H11Cl3N4O5S2/c21-11-2-5-13(22)16(8-11)26-34(31,32)18-7-10(1-4-14(18)23)19(28)25-20-24-15-6-3-12(27(29)30)9-17(15)33-20/h1-9,26H,(H,24,25,28). The Hall–Kier alpha value is -2.96. The van der Waals surface area contributed by atoms with E-state index < -0.39 is 20.9 Å². The zero-order valence-electron chi connectivity index (χ0n) is 16.6. The van der Waals surface area contributed by atoms with Crippen LogP contribution in [0.1, 0.15) is 10.4 Å². The Kier molecular flexibility index (Phi) is 6.65. The summed E-state index contributed by atoms with van der Waals surface area (Å²) in [7, 11) is -4.23. The summed E-state index contributed by atoms with van der Waals surface area (Å²) in [6, 6.07) is 12.1. The number of anilines is 2. The molecule has 0 bridgehead atoms. The molecule has 2 N–H and O–H groups in total. The van der Waals surface area contributed by atoms with Crippen molar-refractivity contribution in [3.63, 3.8) is 0 Å². The fraction of sp³-hybridized carbons (Fsp3) is 0. The van der Waals surface area contributed by atoms with Crippen LogP contribution in [0.25, 0.3) is 10.2 Å². The third kappa shape index (κ3) is 5.08. The number of carbonyl (C=O) groups excluding carboxylic acids is 1. The van der Waals surface area contributed by atoms with Crippen LogP contribution >= 0.6 is 46.1 Å². The maximum atomic E-state index is 12.9. The number of hydrogen-bond donors (Lipinski definition) is 2. The van der Waals surface area contributed by atoms with Crippen molar-refractivity contribution in [2.45, 2.75) is 4.90 Å². The number of amides is 1. The van der Waals surface area contributed by atoms with E-state index in [0.717, 1.165) is 17.4 Å². The number of nitrogens with zero attached hydrogens (tertiary/aromatic N) is 2. The largest absolute Gasteiger partial charge is 0.298 e. The van der Waals surface area contributed by atoms with Gasteiger partial charge in [-0.2, -0.15) is 0 Å². The van der Waals surface area contributed by atoms with Crippen LogP contribution < -0.4 is 10.0 Å². The van der Waals surface area contributed by atoms with Crippen molar-refractivity contribution in [2.24, 2.45) is 0 Å². The minimum atomic E-state index is -4.23. The molecule has 0 aliphatic carbocycles. The van der Waals surface area contributed by atoms with E-state index in [9.17, 15) is 23.3 Å². The van der Waals surface area contributed by atoms with Crippen LogP contribution in [0.4, 0.5) is 16.5 Å². The van der Waals surface area contributed by atoms with E-state index in [-0.39, 0.29) is 42.0 Å². The fourth-order valence-electron chi connectivity index (χ4n) is 2.88. The number of nitro benzene ring substituents is 1. The number of hydrogen-bond acceptors (Lipinski definition) is 7. The van der Waals surface area contributed by atoms with Crippen molar-refractivity contribution in [3.8, 4) is 0 Å². The third-order valence-corrected chi connectivity index (χ3v) is 7.80. The summed E-state index contributed by atoms with van der Waals surface area (Å²) in [5.74, 6) is -0.650. The maximum Gasteiger partial charge on any atom is 0.270 e. The lowest BCUT2D eigenvalue weighted by molar-refractivity contribution is -0.384. The molecule has 0 spiro atoms. The Bertz CT molecular complexity index is 1570. The van der Waals surface area contributed by atoms with Crippen LogP contribution in [0.15, 0.2) is 59.5 Å². The first-order chi connectivity index (χ1) is 16.0. The van der Waals surface area contributed by atoms with E-state index in [1.54, 1.807) is 0 Å². The van der Waals surface area contributed by atoms with Gasteiger partial charge in [-0.1, -0.05) is 46.1 Å². The lowest BCUT2D eigenvalue weighted by Gasteiger charge is -2.12. The van der Waals surface area contributed by atoms with Crippen LogP contribution in [0.2, 0.25) is 15.1 Å². The summed E-state index contributed by atoms with van der Waals surface area (Å²) >= 11 is 19.1. The SMILES string of the molecule is O=C(Nc1nc2ccc([N+](=O)[O-])cc2s1)c1ccc(Cl)c(S(=O)(=O)Nc2cc(Cl)ccc2Cl)c1. The summed E-state index contributed by atoms with van der Waals surface area (Å²) in [5.41, 5.74) is 0.401. The van der Waals surface area contributed by atoms with Crippen molar-refractivity contribution in [2.75, 3.05) is 10.0 Å². The zero-order valence-corrected chi connectivity index (χ0v) is 20.5. The molecule has 0 unspecified atom stereocenters. The number of sulfonamides is 1. The molecule has 1 aromatic heterocycles. The first-order valence-electron chi connectivity index (χ1n) is 9.17. The Balaban J connectivity index is 1.61. The molecule has 34 heavy (non-hydrogen) atoms. The number of nitro groups is 1. The monoisotopic (exact) mass is 556 g/mol. The van der Waals surface area contributed by atoms with Gasteiger partial charge in [0, 0.05) is 22.7 Å². The van der Waals surface area contributed by atoms with Gasteiger partial charge in [-0.3, -0.25) is 24.9 Å². The van der Waals surface area contributed by atoms with Gasteiger partial charge < -0.3 is 0 Å². The van der Waals surface area contributed by atoms with Gasteiger partial charge in [0.05, 0.1) is 30.9 Å². The molecular formula is C20H11Cl3N4O5S2. The van der Waals surface area contributed by atoms with Gasteiger partial charge in [-0.25, -0.2) is 13.4 Å². The number of benzene rings is 3. The minimum Gasteiger partial charge on any atom is -0.298 e. The second-order valence-electron chi connectivity index (χ2n) is 6.76. The molecule has 4 rings (SSSR count).